The first-order chi connectivity index (χ1) is 11.4. The van der Waals surface area contributed by atoms with Gasteiger partial charge >= 0.3 is 5.69 Å². The third kappa shape index (κ3) is 4.23. The number of rotatable bonds is 6. The lowest BCUT2D eigenvalue weighted by molar-refractivity contribution is -0.385. The summed E-state index contributed by atoms with van der Waals surface area (Å²) in [4.78, 5) is 14.4. The van der Waals surface area contributed by atoms with Gasteiger partial charge in [0, 0.05) is 29.4 Å². The summed E-state index contributed by atoms with van der Waals surface area (Å²) in [6, 6.07) is 8.43. The standard InChI is InChI=1S/C17H17ClN2O4/c1-11-3-4-16(24-2)12(7-11)5-6-19-10-13-8-14(18)9-15(17(13)21)20(22)23/h3-4,7-10,21H,5-6H2,1-2H3. The molecule has 0 aromatic heterocycles. The number of ether oxygens (including phenoxy) is 1. The maximum atomic E-state index is 10.9. The van der Waals surface area contributed by atoms with Gasteiger partial charge in [-0.2, -0.15) is 0 Å². The lowest BCUT2D eigenvalue weighted by Gasteiger charge is -2.08. The molecule has 0 radical (unpaired) electrons. The zero-order chi connectivity index (χ0) is 17.7. The molecule has 126 valence electrons. The molecule has 0 atom stereocenters. The fourth-order valence-electron chi connectivity index (χ4n) is 2.29. The molecule has 0 saturated carbocycles. The van der Waals surface area contributed by atoms with Crippen LogP contribution >= 0.6 is 11.6 Å². The summed E-state index contributed by atoms with van der Waals surface area (Å²) in [5, 5.41) is 20.9. The van der Waals surface area contributed by atoms with Gasteiger partial charge in [0.05, 0.1) is 12.0 Å². The SMILES string of the molecule is COc1ccc(C)cc1CCN=Cc1cc(Cl)cc([N+](=O)[O-])c1O. The van der Waals surface area contributed by atoms with Crippen LogP contribution < -0.4 is 4.74 Å². The first-order valence-electron chi connectivity index (χ1n) is 7.22. The van der Waals surface area contributed by atoms with Gasteiger partial charge in [-0.1, -0.05) is 29.3 Å². The molecule has 0 fully saturated rings. The number of methoxy groups -OCH3 is 1. The van der Waals surface area contributed by atoms with E-state index in [2.05, 4.69) is 4.99 Å². The second kappa shape index (κ2) is 7.79. The molecule has 0 saturated heterocycles. The molecule has 24 heavy (non-hydrogen) atoms. The number of aliphatic imine (C=N–C) groups is 1. The summed E-state index contributed by atoms with van der Waals surface area (Å²) < 4.78 is 5.31. The smallest absolute Gasteiger partial charge is 0.312 e. The molecule has 0 aliphatic carbocycles. The van der Waals surface area contributed by atoms with E-state index in [1.54, 1.807) is 7.11 Å². The zero-order valence-electron chi connectivity index (χ0n) is 13.3. The molecule has 6 nitrogen and oxygen atoms in total. The van der Waals surface area contributed by atoms with Crippen LogP contribution in [0.15, 0.2) is 35.3 Å². The van der Waals surface area contributed by atoms with E-state index in [1.807, 2.05) is 25.1 Å². The average molecular weight is 349 g/mol. The Hall–Kier alpha value is -2.60. The van der Waals surface area contributed by atoms with Gasteiger partial charge in [-0.25, -0.2) is 0 Å². The molecule has 0 bridgehead atoms. The monoisotopic (exact) mass is 348 g/mol. The molecule has 2 aromatic carbocycles. The number of phenolic OH excluding ortho intramolecular Hbond substituents is 1. The van der Waals surface area contributed by atoms with Crippen LogP contribution in [0.4, 0.5) is 5.69 Å². The molecule has 0 amide bonds. The maximum absolute atomic E-state index is 10.9. The average Bonchev–Trinajstić information content (AvgIpc) is 2.54. The molecule has 2 aromatic rings. The van der Waals surface area contributed by atoms with E-state index in [0.29, 0.717) is 13.0 Å². The van der Waals surface area contributed by atoms with E-state index in [4.69, 9.17) is 16.3 Å². The second-order valence-corrected chi connectivity index (χ2v) is 5.66. The third-order valence-corrected chi connectivity index (χ3v) is 3.68. The quantitative estimate of drug-likeness (QED) is 0.487. The van der Waals surface area contributed by atoms with Crippen molar-refractivity contribution in [3.63, 3.8) is 0 Å². The van der Waals surface area contributed by atoms with Gasteiger partial charge in [-0.05, 0) is 31.0 Å². The van der Waals surface area contributed by atoms with Crippen LogP contribution in [-0.4, -0.2) is 29.9 Å². The van der Waals surface area contributed by atoms with Gasteiger partial charge in [0.25, 0.3) is 0 Å². The van der Waals surface area contributed by atoms with Crippen LogP contribution in [0.25, 0.3) is 0 Å². The highest BCUT2D eigenvalue weighted by molar-refractivity contribution is 6.31. The molecule has 0 heterocycles. The number of nitro benzene ring substituents is 1. The normalized spacial score (nSPS) is 11.0. The van der Waals surface area contributed by atoms with Gasteiger partial charge in [0.15, 0.2) is 0 Å². The molecule has 0 aliphatic heterocycles. The van der Waals surface area contributed by atoms with Crippen molar-refractivity contribution >= 4 is 23.5 Å². The van der Waals surface area contributed by atoms with E-state index in [1.165, 1.54) is 12.3 Å². The summed E-state index contributed by atoms with van der Waals surface area (Å²) in [6.45, 7) is 2.44. The Morgan fingerprint density at radius 2 is 2.12 bits per heavy atom. The molecule has 0 spiro atoms. The number of benzene rings is 2. The molecule has 0 unspecified atom stereocenters. The minimum Gasteiger partial charge on any atom is -0.502 e. The number of halogens is 1. The predicted molar refractivity (Wildman–Crippen MR) is 93.7 cm³/mol. The first-order valence-corrected chi connectivity index (χ1v) is 7.60. The predicted octanol–water partition coefficient (Wildman–Crippen LogP) is 3.93. The lowest BCUT2D eigenvalue weighted by Crippen LogP contribution is -1.97. The summed E-state index contributed by atoms with van der Waals surface area (Å²) in [7, 11) is 1.61. The summed E-state index contributed by atoms with van der Waals surface area (Å²) in [5.74, 6) is 0.346. The highest BCUT2D eigenvalue weighted by atomic mass is 35.5. The molecule has 2 rings (SSSR count). The summed E-state index contributed by atoms with van der Waals surface area (Å²) in [6.07, 6.45) is 2.03. The number of aromatic hydroxyl groups is 1. The van der Waals surface area contributed by atoms with Crippen LogP contribution in [0.1, 0.15) is 16.7 Å². The van der Waals surface area contributed by atoms with Gasteiger partial charge in [0.2, 0.25) is 5.75 Å². The number of phenols is 1. The summed E-state index contributed by atoms with van der Waals surface area (Å²) >= 11 is 5.84. The fourth-order valence-corrected chi connectivity index (χ4v) is 2.51. The van der Waals surface area contributed by atoms with E-state index in [0.717, 1.165) is 22.9 Å². The van der Waals surface area contributed by atoms with Gasteiger partial charge in [0.1, 0.15) is 5.75 Å². The number of hydrogen-bond acceptors (Lipinski definition) is 5. The topological polar surface area (TPSA) is 85.0 Å². The van der Waals surface area contributed by atoms with Crippen molar-refractivity contribution in [3.05, 3.63) is 62.2 Å². The van der Waals surface area contributed by atoms with Crippen LogP contribution in [0, 0.1) is 17.0 Å². The van der Waals surface area contributed by atoms with Gasteiger partial charge in [-0.15, -0.1) is 0 Å². The Kier molecular flexibility index (Phi) is 5.76. The van der Waals surface area contributed by atoms with Crippen molar-refractivity contribution in [3.8, 4) is 11.5 Å². The maximum Gasteiger partial charge on any atom is 0.312 e. The Morgan fingerprint density at radius 1 is 1.38 bits per heavy atom. The summed E-state index contributed by atoms with van der Waals surface area (Å²) in [5.41, 5.74) is 1.92. The van der Waals surface area contributed by atoms with Gasteiger partial charge < -0.3 is 9.84 Å². The van der Waals surface area contributed by atoms with Crippen molar-refractivity contribution in [2.45, 2.75) is 13.3 Å². The highest BCUT2D eigenvalue weighted by Crippen LogP contribution is 2.32. The molecule has 7 heteroatoms. The van der Waals surface area contributed by atoms with Crippen LogP contribution in [0.3, 0.4) is 0 Å². The van der Waals surface area contributed by atoms with Crippen LogP contribution in [0.2, 0.25) is 5.02 Å². The highest BCUT2D eigenvalue weighted by Gasteiger charge is 2.17. The van der Waals surface area contributed by atoms with Crippen molar-refractivity contribution < 1.29 is 14.8 Å². The van der Waals surface area contributed by atoms with E-state index in [-0.39, 0.29) is 10.6 Å². The number of aryl methyl sites for hydroxylation is 1. The van der Waals surface area contributed by atoms with Gasteiger partial charge in [-0.3, -0.25) is 15.1 Å². The minimum atomic E-state index is -0.684. The minimum absolute atomic E-state index is 0.168. The van der Waals surface area contributed by atoms with Crippen molar-refractivity contribution in [1.82, 2.24) is 0 Å². The molecule has 0 aliphatic rings. The lowest BCUT2D eigenvalue weighted by atomic mass is 10.1. The van der Waals surface area contributed by atoms with E-state index < -0.39 is 16.4 Å². The number of nitrogens with zero attached hydrogens (tertiary/aromatic N) is 2. The number of hydrogen-bond donors (Lipinski definition) is 1. The third-order valence-electron chi connectivity index (χ3n) is 3.46. The van der Waals surface area contributed by atoms with Crippen molar-refractivity contribution in [2.24, 2.45) is 4.99 Å². The Labute approximate surface area is 144 Å². The molecular formula is C17H17ClN2O4. The first kappa shape index (κ1) is 17.7. The van der Waals surface area contributed by atoms with Crippen LogP contribution in [-0.2, 0) is 6.42 Å². The van der Waals surface area contributed by atoms with Crippen molar-refractivity contribution in [1.29, 1.82) is 0 Å². The Bertz CT molecular complexity index is 790. The Morgan fingerprint density at radius 3 is 2.79 bits per heavy atom. The molecular weight excluding hydrogens is 332 g/mol. The largest absolute Gasteiger partial charge is 0.502 e. The van der Waals surface area contributed by atoms with E-state index >= 15 is 0 Å². The Balaban J connectivity index is 2.13. The van der Waals surface area contributed by atoms with Crippen LogP contribution in [0.5, 0.6) is 11.5 Å². The second-order valence-electron chi connectivity index (χ2n) is 5.22. The van der Waals surface area contributed by atoms with E-state index in [9.17, 15) is 15.2 Å². The number of nitro groups is 1. The fraction of sp³-hybridized carbons (Fsp3) is 0.235. The van der Waals surface area contributed by atoms with Crippen molar-refractivity contribution in [2.75, 3.05) is 13.7 Å². The zero-order valence-corrected chi connectivity index (χ0v) is 14.1. The molecule has 1 N–H and O–H groups in total.